The number of aromatic nitrogens is 4. The van der Waals surface area contributed by atoms with Crippen LogP contribution in [0.15, 0.2) is 30.5 Å². The first-order chi connectivity index (χ1) is 13.2. The summed E-state index contributed by atoms with van der Waals surface area (Å²) in [6, 6.07) is 8.39. The fourth-order valence-electron chi connectivity index (χ4n) is 4.64. The number of benzene rings is 1. The second-order valence-corrected chi connectivity index (χ2v) is 8.74. The standard InChI is InChI=1S/C19H19N5O2S/c25-18(23-5-7-26-8-6-23)19-9-12(19)15(10-19)24-11-14(21-22-24)17-20-13-3-1-2-4-16(13)27-17/h1-4,11-12,15H,5-10H2/t12-,15+,19-/m0/s1. The van der Waals surface area contributed by atoms with Gasteiger partial charge < -0.3 is 9.64 Å². The Morgan fingerprint density at radius 3 is 2.89 bits per heavy atom. The molecule has 0 unspecified atom stereocenters. The molecular weight excluding hydrogens is 362 g/mol. The molecule has 27 heavy (non-hydrogen) atoms. The Kier molecular flexibility index (Phi) is 3.25. The van der Waals surface area contributed by atoms with Crippen molar-refractivity contribution in [2.24, 2.45) is 11.3 Å². The number of amides is 1. The second kappa shape index (κ2) is 5.59. The summed E-state index contributed by atoms with van der Waals surface area (Å²) in [7, 11) is 0. The molecule has 0 spiro atoms. The summed E-state index contributed by atoms with van der Waals surface area (Å²) < 4.78 is 8.47. The Hall–Kier alpha value is -2.32. The van der Waals surface area contributed by atoms with E-state index in [2.05, 4.69) is 21.4 Å². The molecule has 3 atom stereocenters. The van der Waals surface area contributed by atoms with E-state index in [0.29, 0.717) is 25.0 Å². The molecule has 138 valence electrons. The lowest BCUT2D eigenvalue weighted by Crippen LogP contribution is -2.48. The smallest absolute Gasteiger partial charge is 0.229 e. The van der Waals surface area contributed by atoms with Crippen LogP contribution in [0.3, 0.4) is 0 Å². The lowest BCUT2D eigenvalue weighted by atomic mass is 9.79. The molecule has 8 heteroatoms. The van der Waals surface area contributed by atoms with E-state index in [0.717, 1.165) is 46.8 Å². The van der Waals surface area contributed by atoms with Gasteiger partial charge in [-0.05, 0) is 30.9 Å². The molecule has 2 saturated carbocycles. The fraction of sp³-hybridized carbons (Fsp3) is 0.474. The van der Waals surface area contributed by atoms with Crippen molar-refractivity contribution >= 4 is 27.5 Å². The number of nitrogens with zero attached hydrogens (tertiary/aromatic N) is 5. The molecule has 3 aromatic rings. The third-order valence-electron chi connectivity index (χ3n) is 6.26. The van der Waals surface area contributed by atoms with Crippen molar-refractivity contribution in [2.75, 3.05) is 26.3 Å². The van der Waals surface area contributed by atoms with Crippen LogP contribution in [-0.4, -0.2) is 57.1 Å². The molecule has 1 aliphatic heterocycles. The van der Waals surface area contributed by atoms with E-state index in [9.17, 15) is 4.79 Å². The van der Waals surface area contributed by atoms with Gasteiger partial charge in [0.15, 0.2) is 0 Å². The van der Waals surface area contributed by atoms with Crippen LogP contribution in [0.2, 0.25) is 0 Å². The summed E-state index contributed by atoms with van der Waals surface area (Å²) in [5, 5.41) is 9.59. The van der Waals surface area contributed by atoms with Gasteiger partial charge in [-0.15, -0.1) is 16.4 Å². The van der Waals surface area contributed by atoms with Gasteiger partial charge in [0.25, 0.3) is 0 Å². The first kappa shape index (κ1) is 15.7. The quantitative estimate of drug-likeness (QED) is 0.696. The topological polar surface area (TPSA) is 73.1 Å². The van der Waals surface area contributed by atoms with Gasteiger partial charge >= 0.3 is 0 Å². The van der Waals surface area contributed by atoms with Crippen molar-refractivity contribution in [3.8, 4) is 10.7 Å². The maximum atomic E-state index is 12.9. The van der Waals surface area contributed by atoms with Crippen molar-refractivity contribution in [3.05, 3.63) is 30.5 Å². The first-order valence-electron chi connectivity index (χ1n) is 9.39. The molecule has 3 aliphatic rings. The minimum Gasteiger partial charge on any atom is -0.378 e. The summed E-state index contributed by atoms with van der Waals surface area (Å²) in [4.78, 5) is 19.5. The van der Waals surface area contributed by atoms with Crippen LogP contribution in [0.1, 0.15) is 18.9 Å². The number of carbonyl (C=O) groups excluding carboxylic acids is 1. The number of rotatable bonds is 3. The fourth-order valence-corrected chi connectivity index (χ4v) is 5.55. The highest BCUT2D eigenvalue weighted by molar-refractivity contribution is 7.21. The SMILES string of the molecule is O=C(N1CCOCC1)[C@@]12C[C@@H](n3cc(-c4nc5ccccc5s4)nn3)[C@@H]1C2. The van der Waals surface area contributed by atoms with Crippen LogP contribution in [-0.2, 0) is 9.53 Å². The molecule has 0 N–H and O–H groups in total. The minimum atomic E-state index is -0.135. The lowest BCUT2D eigenvalue weighted by Gasteiger charge is -2.38. The highest BCUT2D eigenvalue weighted by Crippen LogP contribution is 2.73. The average molecular weight is 381 g/mol. The second-order valence-electron chi connectivity index (χ2n) is 7.71. The van der Waals surface area contributed by atoms with Gasteiger partial charge in [-0.25, -0.2) is 9.67 Å². The molecule has 1 saturated heterocycles. The van der Waals surface area contributed by atoms with Gasteiger partial charge in [-0.3, -0.25) is 4.79 Å². The first-order valence-corrected chi connectivity index (χ1v) is 10.2. The molecule has 1 aromatic carbocycles. The number of ether oxygens (including phenoxy) is 1. The monoisotopic (exact) mass is 381 g/mol. The third-order valence-corrected chi connectivity index (χ3v) is 7.32. The largest absolute Gasteiger partial charge is 0.378 e. The van der Waals surface area contributed by atoms with Crippen molar-refractivity contribution in [1.29, 1.82) is 0 Å². The minimum absolute atomic E-state index is 0.135. The Bertz CT molecular complexity index is 1010. The van der Waals surface area contributed by atoms with Gasteiger partial charge in [-0.2, -0.15) is 0 Å². The van der Waals surface area contributed by atoms with Crippen molar-refractivity contribution in [2.45, 2.75) is 18.9 Å². The third kappa shape index (κ3) is 2.29. The number of hydrogen-bond donors (Lipinski definition) is 0. The zero-order valence-corrected chi connectivity index (χ0v) is 15.6. The summed E-state index contributed by atoms with van der Waals surface area (Å²) in [5.74, 6) is 0.719. The van der Waals surface area contributed by atoms with E-state index >= 15 is 0 Å². The molecule has 0 bridgehead atoms. The van der Waals surface area contributed by atoms with Gasteiger partial charge in [0, 0.05) is 13.1 Å². The zero-order valence-electron chi connectivity index (χ0n) is 14.7. The summed E-state index contributed by atoms with van der Waals surface area (Å²) in [6.45, 7) is 2.77. The molecule has 3 fully saturated rings. The summed E-state index contributed by atoms with van der Waals surface area (Å²) in [5.41, 5.74) is 1.67. The molecule has 7 nitrogen and oxygen atoms in total. The summed E-state index contributed by atoms with van der Waals surface area (Å²) in [6.07, 6.45) is 3.84. The van der Waals surface area contributed by atoms with E-state index < -0.39 is 0 Å². The Morgan fingerprint density at radius 2 is 2.07 bits per heavy atom. The maximum Gasteiger partial charge on any atom is 0.229 e. The number of carbonyl (C=O) groups is 1. The summed E-state index contributed by atoms with van der Waals surface area (Å²) >= 11 is 1.64. The van der Waals surface area contributed by atoms with E-state index in [1.165, 1.54) is 0 Å². The predicted octanol–water partition coefficient (Wildman–Crippen LogP) is 2.36. The van der Waals surface area contributed by atoms with E-state index in [-0.39, 0.29) is 11.5 Å². The highest BCUT2D eigenvalue weighted by atomic mass is 32.1. The van der Waals surface area contributed by atoms with Crippen molar-refractivity contribution in [3.63, 3.8) is 0 Å². The van der Waals surface area contributed by atoms with Gasteiger partial charge in [0.05, 0.1) is 41.1 Å². The molecular formula is C19H19N5O2S. The average Bonchev–Trinajstić information content (AvgIpc) is 3.08. The van der Waals surface area contributed by atoms with Gasteiger partial charge in [0.2, 0.25) is 5.91 Å². The number of fused-ring (bicyclic) bond motifs is 2. The number of para-hydroxylation sites is 1. The molecule has 2 aliphatic carbocycles. The molecule has 2 aromatic heterocycles. The van der Waals surface area contributed by atoms with E-state index in [4.69, 9.17) is 4.74 Å². The highest BCUT2D eigenvalue weighted by Gasteiger charge is 2.73. The van der Waals surface area contributed by atoms with Gasteiger partial charge in [-0.1, -0.05) is 17.3 Å². The predicted molar refractivity (Wildman–Crippen MR) is 100 cm³/mol. The normalized spacial score (nSPS) is 29.4. The van der Waals surface area contributed by atoms with E-state index in [1.807, 2.05) is 34.0 Å². The lowest BCUT2D eigenvalue weighted by molar-refractivity contribution is -0.145. The molecule has 1 amide bonds. The van der Waals surface area contributed by atoms with Crippen LogP contribution in [0, 0.1) is 11.3 Å². The Morgan fingerprint density at radius 1 is 1.22 bits per heavy atom. The molecule has 6 rings (SSSR count). The molecule has 3 heterocycles. The van der Waals surface area contributed by atoms with E-state index in [1.54, 1.807) is 11.3 Å². The van der Waals surface area contributed by atoms with Crippen LogP contribution in [0.5, 0.6) is 0 Å². The number of morpholine rings is 1. The van der Waals surface area contributed by atoms with Crippen LogP contribution in [0.4, 0.5) is 0 Å². The zero-order chi connectivity index (χ0) is 18.0. The Labute approximate surface area is 159 Å². The van der Waals surface area contributed by atoms with Gasteiger partial charge in [0.1, 0.15) is 10.7 Å². The maximum absolute atomic E-state index is 12.9. The number of hydrogen-bond acceptors (Lipinski definition) is 6. The van der Waals surface area contributed by atoms with Crippen molar-refractivity contribution < 1.29 is 9.53 Å². The van der Waals surface area contributed by atoms with Crippen LogP contribution in [0.25, 0.3) is 20.9 Å². The van der Waals surface area contributed by atoms with Crippen LogP contribution < -0.4 is 0 Å². The Balaban J connectivity index is 1.19. The molecule has 0 radical (unpaired) electrons. The van der Waals surface area contributed by atoms with Crippen molar-refractivity contribution in [1.82, 2.24) is 24.9 Å². The number of thiazole rings is 1. The van der Waals surface area contributed by atoms with Crippen LogP contribution >= 0.6 is 11.3 Å².